The molecule has 1 rings (SSSR count). The van der Waals surface area contributed by atoms with E-state index >= 15 is 0 Å². The Morgan fingerprint density at radius 3 is 2.67 bits per heavy atom. The Hall–Kier alpha value is -1.69. The summed E-state index contributed by atoms with van der Waals surface area (Å²) < 4.78 is 0. The molecule has 0 aromatic heterocycles. The molecule has 0 saturated heterocycles. The van der Waals surface area contributed by atoms with Gasteiger partial charge in [0.2, 0.25) is 0 Å². The van der Waals surface area contributed by atoms with Crippen molar-refractivity contribution in [2.45, 2.75) is 12.8 Å². The second-order valence-electron chi connectivity index (χ2n) is 2.62. The summed E-state index contributed by atoms with van der Waals surface area (Å²) in [6.07, 6.45) is 1.19. The number of anilines is 2. The van der Waals surface area contributed by atoms with Crippen LogP contribution in [0, 0.1) is 11.3 Å². The van der Waals surface area contributed by atoms with Gasteiger partial charge in [-0.3, -0.25) is 0 Å². The van der Waals surface area contributed by atoms with Gasteiger partial charge in [-0.05, 0) is 24.1 Å². The third-order valence-electron chi connectivity index (χ3n) is 1.68. The molecule has 0 unspecified atom stereocenters. The second-order valence-corrected chi connectivity index (χ2v) is 2.62. The summed E-state index contributed by atoms with van der Waals surface area (Å²) in [5.41, 5.74) is 13.5. The normalized spacial score (nSPS) is 9.25. The van der Waals surface area contributed by atoms with Crippen LogP contribution in [0.2, 0.25) is 0 Å². The van der Waals surface area contributed by atoms with Gasteiger partial charge in [-0.1, -0.05) is 6.07 Å². The molecule has 1 aromatic rings. The predicted octanol–water partition coefficient (Wildman–Crippen LogP) is 1.31. The average molecular weight is 161 g/mol. The Morgan fingerprint density at radius 2 is 2.08 bits per heavy atom. The first-order valence-electron chi connectivity index (χ1n) is 3.75. The third kappa shape index (κ3) is 1.89. The van der Waals surface area contributed by atoms with E-state index in [0.29, 0.717) is 24.2 Å². The Kier molecular flexibility index (Phi) is 2.54. The highest BCUT2D eigenvalue weighted by atomic mass is 14.6. The van der Waals surface area contributed by atoms with Gasteiger partial charge in [0.1, 0.15) is 0 Å². The van der Waals surface area contributed by atoms with Crippen molar-refractivity contribution in [3.63, 3.8) is 0 Å². The fourth-order valence-corrected chi connectivity index (χ4v) is 1.03. The lowest BCUT2D eigenvalue weighted by molar-refractivity contribution is 1.01. The Morgan fingerprint density at radius 1 is 1.33 bits per heavy atom. The van der Waals surface area contributed by atoms with E-state index in [4.69, 9.17) is 16.7 Å². The minimum atomic E-state index is 0.494. The van der Waals surface area contributed by atoms with Crippen molar-refractivity contribution >= 4 is 11.4 Å². The highest BCUT2D eigenvalue weighted by Crippen LogP contribution is 2.16. The zero-order chi connectivity index (χ0) is 8.97. The molecular formula is C9H11N3. The largest absolute Gasteiger partial charge is 0.399 e. The van der Waals surface area contributed by atoms with E-state index in [9.17, 15) is 0 Å². The molecule has 1 aromatic carbocycles. The molecule has 0 radical (unpaired) electrons. The number of hydrogen-bond acceptors (Lipinski definition) is 3. The molecule has 62 valence electrons. The zero-order valence-electron chi connectivity index (χ0n) is 6.75. The van der Waals surface area contributed by atoms with Gasteiger partial charge < -0.3 is 11.5 Å². The number of nitriles is 1. The lowest BCUT2D eigenvalue weighted by Crippen LogP contribution is -1.96. The van der Waals surface area contributed by atoms with E-state index in [2.05, 4.69) is 6.07 Å². The number of benzene rings is 1. The minimum Gasteiger partial charge on any atom is -0.399 e. The van der Waals surface area contributed by atoms with Crippen LogP contribution < -0.4 is 11.5 Å². The monoisotopic (exact) mass is 161 g/mol. The molecule has 12 heavy (non-hydrogen) atoms. The van der Waals surface area contributed by atoms with Crippen LogP contribution in [0.15, 0.2) is 18.2 Å². The molecule has 3 nitrogen and oxygen atoms in total. The highest BCUT2D eigenvalue weighted by Gasteiger charge is 1.98. The van der Waals surface area contributed by atoms with E-state index in [0.717, 1.165) is 5.56 Å². The minimum absolute atomic E-state index is 0.494. The zero-order valence-corrected chi connectivity index (χ0v) is 6.75. The van der Waals surface area contributed by atoms with Gasteiger partial charge in [-0.2, -0.15) is 5.26 Å². The number of hydrogen-bond donors (Lipinski definition) is 2. The molecular weight excluding hydrogens is 150 g/mol. The fraction of sp³-hybridized carbons (Fsp3) is 0.222. The Balaban J connectivity index is 2.81. The molecule has 0 aliphatic rings. The first-order chi connectivity index (χ1) is 5.74. The van der Waals surface area contributed by atoms with Crippen LogP contribution in [0.5, 0.6) is 0 Å². The van der Waals surface area contributed by atoms with Crippen molar-refractivity contribution in [1.29, 1.82) is 5.26 Å². The van der Waals surface area contributed by atoms with Gasteiger partial charge in [0.15, 0.2) is 0 Å². The fourth-order valence-electron chi connectivity index (χ4n) is 1.03. The summed E-state index contributed by atoms with van der Waals surface area (Å²) in [6.45, 7) is 0. The molecule has 0 fully saturated rings. The van der Waals surface area contributed by atoms with Gasteiger partial charge in [-0.25, -0.2) is 0 Å². The van der Waals surface area contributed by atoms with E-state index in [1.165, 1.54) is 0 Å². The van der Waals surface area contributed by atoms with E-state index < -0.39 is 0 Å². The third-order valence-corrected chi connectivity index (χ3v) is 1.68. The lowest BCUT2D eigenvalue weighted by atomic mass is 10.1. The summed E-state index contributed by atoms with van der Waals surface area (Å²) in [6, 6.07) is 7.44. The SMILES string of the molecule is N#CCCc1ccc(N)cc1N. The second kappa shape index (κ2) is 3.63. The molecule has 4 N–H and O–H groups in total. The first kappa shape index (κ1) is 8.41. The van der Waals surface area contributed by atoms with Gasteiger partial charge in [0, 0.05) is 17.8 Å². The average Bonchev–Trinajstić information content (AvgIpc) is 2.03. The summed E-state index contributed by atoms with van der Waals surface area (Å²) in [5, 5.41) is 8.36. The van der Waals surface area contributed by atoms with E-state index in [-0.39, 0.29) is 0 Å². The maximum absolute atomic E-state index is 8.36. The van der Waals surface area contributed by atoms with Crippen molar-refractivity contribution in [2.24, 2.45) is 0 Å². The van der Waals surface area contributed by atoms with Gasteiger partial charge in [0.05, 0.1) is 6.07 Å². The standard InChI is InChI=1S/C9H11N3/c10-5-1-2-7-3-4-8(11)6-9(7)12/h3-4,6H,1-2,11-12H2. The van der Waals surface area contributed by atoms with Crippen molar-refractivity contribution in [1.82, 2.24) is 0 Å². The molecule has 3 heteroatoms. The summed E-state index contributed by atoms with van der Waals surface area (Å²) in [5.74, 6) is 0. The number of nitrogens with two attached hydrogens (primary N) is 2. The molecule has 0 bridgehead atoms. The molecule has 0 aliphatic carbocycles. The summed E-state index contributed by atoms with van der Waals surface area (Å²) >= 11 is 0. The van der Waals surface area contributed by atoms with Gasteiger partial charge in [0.25, 0.3) is 0 Å². The smallest absolute Gasteiger partial charge is 0.0625 e. The quantitative estimate of drug-likeness (QED) is 0.642. The molecule has 0 atom stereocenters. The van der Waals surface area contributed by atoms with E-state index in [1.807, 2.05) is 6.07 Å². The molecule has 0 spiro atoms. The predicted molar refractivity (Wildman–Crippen MR) is 49.2 cm³/mol. The van der Waals surface area contributed by atoms with Crippen LogP contribution in [0.3, 0.4) is 0 Å². The van der Waals surface area contributed by atoms with Crippen molar-refractivity contribution in [2.75, 3.05) is 11.5 Å². The maximum atomic E-state index is 8.36. The lowest BCUT2D eigenvalue weighted by Gasteiger charge is -2.03. The molecule has 0 saturated carbocycles. The highest BCUT2D eigenvalue weighted by molar-refractivity contribution is 5.56. The van der Waals surface area contributed by atoms with Crippen LogP contribution in [-0.4, -0.2) is 0 Å². The van der Waals surface area contributed by atoms with Crippen LogP contribution in [-0.2, 0) is 6.42 Å². The summed E-state index contributed by atoms with van der Waals surface area (Å²) in [4.78, 5) is 0. The Bertz CT molecular complexity index is 312. The van der Waals surface area contributed by atoms with Gasteiger partial charge >= 0.3 is 0 Å². The van der Waals surface area contributed by atoms with Crippen molar-refractivity contribution in [3.8, 4) is 6.07 Å². The number of aryl methyl sites for hydroxylation is 1. The number of nitrogen functional groups attached to an aromatic ring is 2. The van der Waals surface area contributed by atoms with Crippen LogP contribution in [0.1, 0.15) is 12.0 Å². The summed E-state index contributed by atoms with van der Waals surface area (Å²) in [7, 11) is 0. The van der Waals surface area contributed by atoms with E-state index in [1.54, 1.807) is 12.1 Å². The van der Waals surface area contributed by atoms with Gasteiger partial charge in [-0.15, -0.1) is 0 Å². The van der Waals surface area contributed by atoms with Crippen LogP contribution in [0.25, 0.3) is 0 Å². The van der Waals surface area contributed by atoms with Crippen molar-refractivity contribution < 1.29 is 0 Å². The van der Waals surface area contributed by atoms with Crippen LogP contribution in [0.4, 0.5) is 11.4 Å². The van der Waals surface area contributed by atoms with Crippen molar-refractivity contribution in [3.05, 3.63) is 23.8 Å². The molecule has 0 heterocycles. The Labute approximate surface area is 71.6 Å². The number of rotatable bonds is 2. The first-order valence-corrected chi connectivity index (χ1v) is 3.75. The van der Waals surface area contributed by atoms with Crippen LogP contribution >= 0.6 is 0 Å². The molecule has 0 amide bonds. The topological polar surface area (TPSA) is 75.8 Å². The maximum Gasteiger partial charge on any atom is 0.0625 e. The number of nitrogens with zero attached hydrogens (tertiary/aromatic N) is 1. The molecule has 0 aliphatic heterocycles.